The smallest absolute Gasteiger partial charge is 0.234 e. The van der Waals surface area contributed by atoms with Gasteiger partial charge < -0.3 is 10.7 Å². The van der Waals surface area contributed by atoms with Crippen LogP contribution in [0.15, 0.2) is 49.1 Å². The topological polar surface area (TPSA) is 109 Å². The third kappa shape index (κ3) is 2.24. The van der Waals surface area contributed by atoms with Crippen LogP contribution in [-0.2, 0) is 12.8 Å². The van der Waals surface area contributed by atoms with E-state index in [0.717, 1.165) is 46.6 Å². The second-order valence-electron chi connectivity index (χ2n) is 6.37. The van der Waals surface area contributed by atoms with Crippen molar-refractivity contribution in [1.29, 1.82) is 5.26 Å². The molecule has 1 aliphatic carbocycles. The fourth-order valence-electron chi connectivity index (χ4n) is 3.76. The number of H-pyrrole nitrogens is 1. The summed E-state index contributed by atoms with van der Waals surface area (Å²) in [6.45, 7) is 0. The van der Waals surface area contributed by atoms with Gasteiger partial charge in [0.15, 0.2) is 0 Å². The third-order valence-electron chi connectivity index (χ3n) is 4.92. The van der Waals surface area contributed by atoms with Crippen LogP contribution < -0.4 is 5.73 Å². The maximum Gasteiger partial charge on any atom is 0.234 e. The highest BCUT2D eigenvalue weighted by Crippen LogP contribution is 2.41. The van der Waals surface area contributed by atoms with E-state index in [4.69, 9.17) is 5.73 Å². The van der Waals surface area contributed by atoms with Gasteiger partial charge in [0.25, 0.3) is 0 Å². The number of aromatic amines is 1. The number of pyridine rings is 1. The lowest BCUT2D eigenvalue weighted by Gasteiger charge is -2.22. The molecule has 0 spiro atoms. The molecule has 4 heterocycles. The van der Waals surface area contributed by atoms with E-state index in [1.54, 1.807) is 18.5 Å². The van der Waals surface area contributed by atoms with Crippen molar-refractivity contribution in [3.63, 3.8) is 0 Å². The third-order valence-corrected chi connectivity index (χ3v) is 4.92. The van der Waals surface area contributed by atoms with Gasteiger partial charge in [0, 0.05) is 41.6 Å². The Morgan fingerprint density at radius 3 is 2.81 bits per heavy atom. The molecule has 5 rings (SSSR count). The van der Waals surface area contributed by atoms with Crippen molar-refractivity contribution in [3.05, 3.63) is 65.9 Å². The summed E-state index contributed by atoms with van der Waals surface area (Å²) in [7, 11) is 0. The molecule has 0 radical (unpaired) electrons. The van der Waals surface area contributed by atoms with Crippen LogP contribution in [0.5, 0.6) is 0 Å². The summed E-state index contributed by atoms with van der Waals surface area (Å²) in [5.41, 5.74) is 12.3. The van der Waals surface area contributed by atoms with E-state index in [0.29, 0.717) is 11.5 Å². The summed E-state index contributed by atoms with van der Waals surface area (Å²) in [6, 6.07) is 9.90. The van der Waals surface area contributed by atoms with Crippen LogP contribution in [0.2, 0.25) is 0 Å². The van der Waals surface area contributed by atoms with Gasteiger partial charge in [0.2, 0.25) is 5.95 Å². The minimum Gasteiger partial charge on any atom is -0.383 e. The van der Waals surface area contributed by atoms with E-state index in [9.17, 15) is 5.26 Å². The molecule has 0 aromatic carbocycles. The number of anilines is 1. The van der Waals surface area contributed by atoms with Crippen molar-refractivity contribution < 1.29 is 0 Å². The first kappa shape index (κ1) is 15.3. The number of nitrogens with zero attached hydrogens (tertiary/aromatic N) is 5. The molecule has 4 aromatic rings. The quantitative estimate of drug-likeness (QED) is 0.576. The van der Waals surface area contributed by atoms with Gasteiger partial charge in [-0.3, -0.25) is 4.57 Å². The highest BCUT2D eigenvalue weighted by atomic mass is 15.1. The lowest BCUT2D eigenvalue weighted by atomic mass is 9.87. The van der Waals surface area contributed by atoms with Gasteiger partial charge in [0.1, 0.15) is 17.5 Å². The SMILES string of the molecule is N#Cc1c(N)nc2c(c1-c1cccn1-c1ncccn1)CCc1[nH]ccc1-2. The molecule has 0 saturated heterocycles. The Morgan fingerprint density at radius 1 is 1.15 bits per heavy atom. The average Bonchev–Trinajstić information content (AvgIpc) is 3.37. The Kier molecular flexibility index (Phi) is 3.30. The number of nitriles is 1. The van der Waals surface area contributed by atoms with Gasteiger partial charge in [-0.2, -0.15) is 5.26 Å². The average molecular weight is 353 g/mol. The Labute approximate surface area is 155 Å². The summed E-state index contributed by atoms with van der Waals surface area (Å²) in [5, 5.41) is 9.80. The zero-order valence-electron chi connectivity index (χ0n) is 14.3. The van der Waals surface area contributed by atoms with Gasteiger partial charge in [-0.25, -0.2) is 15.0 Å². The van der Waals surface area contributed by atoms with Crippen LogP contribution in [0.25, 0.3) is 28.5 Å². The van der Waals surface area contributed by atoms with E-state index in [2.05, 4.69) is 26.0 Å². The van der Waals surface area contributed by atoms with Crippen molar-refractivity contribution in [3.8, 4) is 34.5 Å². The fraction of sp³-hybridized carbons (Fsp3) is 0.100. The summed E-state index contributed by atoms with van der Waals surface area (Å²) in [6.07, 6.45) is 8.83. The molecular formula is C20H15N7. The molecule has 3 N–H and O–H groups in total. The molecule has 7 nitrogen and oxygen atoms in total. The number of aryl methyl sites for hydroxylation is 1. The minimum atomic E-state index is 0.238. The van der Waals surface area contributed by atoms with Crippen LogP contribution in [0.4, 0.5) is 5.82 Å². The number of nitrogen functional groups attached to an aromatic ring is 1. The van der Waals surface area contributed by atoms with Crippen LogP contribution >= 0.6 is 0 Å². The molecule has 27 heavy (non-hydrogen) atoms. The lowest BCUT2D eigenvalue weighted by Crippen LogP contribution is -2.12. The molecule has 0 aliphatic heterocycles. The number of nitrogens with two attached hydrogens (primary N) is 1. The number of fused-ring (bicyclic) bond motifs is 3. The Bertz CT molecular complexity index is 1200. The minimum absolute atomic E-state index is 0.238. The van der Waals surface area contributed by atoms with E-state index >= 15 is 0 Å². The molecule has 0 atom stereocenters. The van der Waals surface area contributed by atoms with E-state index in [1.807, 2.05) is 35.2 Å². The van der Waals surface area contributed by atoms with Crippen molar-refractivity contribution in [2.45, 2.75) is 12.8 Å². The zero-order chi connectivity index (χ0) is 18.4. The van der Waals surface area contributed by atoms with Gasteiger partial charge in [-0.15, -0.1) is 0 Å². The van der Waals surface area contributed by atoms with Crippen LogP contribution in [0, 0.1) is 11.3 Å². The molecule has 0 fully saturated rings. The monoisotopic (exact) mass is 353 g/mol. The summed E-state index contributed by atoms with van der Waals surface area (Å²) < 4.78 is 1.88. The van der Waals surface area contributed by atoms with Crippen LogP contribution in [0.1, 0.15) is 16.8 Å². The lowest BCUT2D eigenvalue weighted by molar-refractivity contribution is 0.893. The number of rotatable bonds is 2. The van der Waals surface area contributed by atoms with Crippen molar-refractivity contribution in [1.82, 2.24) is 24.5 Å². The fourth-order valence-corrected chi connectivity index (χ4v) is 3.76. The van der Waals surface area contributed by atoms with Gasteiger partial charge in [-0.05, 0) is 42.7 Å². The molecule has 0 unspecified atom stereocenters. The maximum absolute atomic E-state index is 9.80. The van der Waals surface area contributed by atoms with E-state index < -0.39 is 0 Å². The largest absolute Gasteiger partial charge is 0.383 e. The number of hydrogen-bond acceptors (Lipinski definition) is 5. The normalized spacial score (nSPS) is 12.3. The molecule has 0 bridgehead atoms. The molecule has 0 saturated carbocycles. The van der Waals surface area contributed by atoms with E-state index in [1.165, 1.54) is 0 Å². The van der Waals surface area contributed by atoms with Gasteiger partial charge in [0.05, 0.1) is 11.4 Å². The molecule has 4 aromatic heterocycles. The van der Waals surface area contributed by atoms with Crippen molar-refractivity contribution >= 4 is 5.82 Å². The summed E-state index contributed by atoms with van der Waals surface area (Å²) in [5.74, 6) is 0.783. The van der Waals surface area contributed by atoms with E-state index in [-0.39, 0.29) is 5.82 Å². The molecule has 130 valence electrons. The molecule has 7 heteroatoms. The first-order chi connectivity index (χ1) is 13.3. The highest BCUT2D eigenvalue weighted by molar-refractivity contribution is 5.85. The predicted octanol–water partition coefficient (Wildman–Crippen LogP) is 2.88. The predicted molar refractivity (Wildman–Crippen MR) is 101 cm³/mol. The van der Waals surface area contributed by atoms with Crippen LogP contribution in [0.3, 0.4) is 0 Å². The summed E-state index contributed by atoms with van der Waals surface area (Å²) >= 11 is 0. The number of nitrogens with one attached hydrogen (secondary N) is 1. The highest BCUT2D eigenvalue weighted by Gasteiger charge is 2.27. The Balaban J connectivity index is 1.83. The van der Waals surface area contributed by atoms with Crippen molar-refractivity contribution in [2.75, 3.05) is 5.73 Å². The number of aromatic nitrogens is 5. The first-order valence-electron chi connectivity index (χ1n) is 8.62. The first-order valence-corrected chi connectivity index (χ1v) is 8.62. The molecule has 0 amide bonds. The molecule has 1 aliphatic rings. The standard InChI is InChI=1S/C20H15N7/c21-11-14-17(16-3-1-10-27(16)20-24-7-2-8-25-20)13-4-5-15-12(6-9-23-15)18(13)26-19(14)22/h1-3,6-10,23H,4-5H2,(H2,22,26). The number of hydrogen-bond donors (Lipinski definition) is 2. The molecular weight excluding hydrogens is 338 g/mol. The van der Waals surface area contributed by atoms with Gasteiger partial charge in [-0.1, -0.05) is 0 Å². The maximum atomic E-state index is 9.80. The summed E-state index contributed by atoms with van der Waals surface area (Å²) in [4.78, 5) is 16.5. The van der Waals surface area contributed by atoms with Crippen LogP contribution in [-0.4, -0.2) is 24.5 Å². The van der Waals surface area contributed by atoms with Crippen molar-refractivity contribution in [2.24, 2.45) is 0 Å². The Morgan fingerprint density at radius 2 is 2.00 bits per heavy atom. The Hall–Kier alpha value is -3.92. The zero-order valence-corrected chi connectivity index (χ0v) is 14.3. The second-order valence-corrected chi connectivity index (χ2v) is 6.37. The van der Waals surface area contributed by atoms with Gasteiger partial charge >= 0.3 is 0 Å². The second kappa shape index (κ2) is 5.81.